The molecule has 1 aliphatic heterocycles. The fourth-order valence-electron chi connectivity index (χ4n) is 5.57. The van der Waals surface area contributed by atoms with E-state index in [1.54, 1.807) is 0 Å². The van der Waals surface area contributed by atoms with Gasteiger partial charge in [0.15, 0.2) is 11.8 Å². The summed E-state index contributed by atoms with van der Waals surface area (Å²) in [6.07, 6.45) is 4.49. The highest BCUT2D eigenvalue weighted by molar-refractivity contribution is 7.09. The summed E-state index contributed by atoms with van der Waals surface area (Å²) < 4.78 is 5.63. The van der Waals surface area contributed by atoms with Gasteiger partial charge < -0.3 is 20.1 Å². The SMILES string of the molecule is CCCN(C(=O)C(NC(=O)C1CCCCN1C)C(CC)CC)[C@H](C[C@@H](OC(C)=O)c1nc(C(=O)O)cs1)C(C)C. The van der Waals surface area contributed by atoms with Gasteiger partial charge in [-0.2, -0.15) is 0 Å². The molecule has 226 valence electrons. The average Bonchev–Trinajstić information content (AvgIpc) is 3.40. The minimum Gasteiger partial charge on any atom is -0.476 e. The van der Waals surface area contributed by atoms with Crippen molar-refractivity contribution in [1.29, 1.82) is 0 Å². The monoisotopic (exact) mass is 580 g/mol. The second-order valence-electron chi connectivity index (χ2n) is 11.1. The number of aromatic nitrogens is 1. The maximum Gasteiger partial charge on any atom is 0.355 e. The number of likely N-dealkylation sites (N-methyl/N-ethyl adjacent to an activating group) is 1. The number of aromatic carboxylic acids is 1. The van der Waals surface area contributed by atoms with Gasteiger partial charge in [-0.25, -0.2) is 9.78 Å². The van der Waals surface area contributed by atoms with Crippen LogP contribution in [-0.4, -0.2) is 81.9 Å². The van der Waals surface area contributed by atoms with Crippen molar-refractivity contribution in [1.82, 2.24) is 20.1 Å². The Hall–Kier alpha value is -2.53. The molecule has 0 spiro atoms. The van der Waals surface area contributed by atoms with Crippen molar-refractivity contribution in [3.05, 3.63) is 16.1 Å². The third kappa shape index (κ3) is 8.99. The number of piperidine rings is 1. The Morgan fingerprint density at radius 1 is 1.20 bits per heavy atom. The van der Waals surface area contributed by atoms with E-state index in [2.05, 4.69) is 15.2 Å². The van der Waals surface area contributed by atoms with Crippen LogP contribution in [0, 0.1) is 11.8 Å². The van der Waals surface area contributed by atoms with Gasteiger partial charge in [-0.15, -0.1) is 11.3 Å². The maximum absolute atomic E-state index is 14.4. The fraction of sp³-hybridized carbons (Fsp3) is 0.759. The Labute approximate surface area is 242 Å². The Morgan fingerprint density at radius 2 is 1.88 bits per heavy atom. The Kier molecular flexibility index (Phi) is 13.5. The van der Waals surface area contributed by atoms with E-state index in [1.807, 2.05) is 46.6 Å². The lowest BCUT2D eigenvalue weighted by atomic mass is 9.89. The van der Waals surface area contributed by atoms with Crippen molar-refractivity contribution in [2.75, 3.05) is 20.1 Å². The molecule has 2 rings (SSSR count). The summed E-state index contributed by atoms with van der Waals surface area (Å²) >= 11 is 1.12. The number of amides is 2. The molecule has 0 bridgehead atoms. The molecule has 1 aromatic heterocycles. The first-order chi connectivity index (χ1) is 18.9. The number of hydrogen-bond donors (Lipinski definition) is 2. The molecule has 40 heavy (non-hydrogen) atoms. The van der Waals surface area contributed by atoms with Gasteiger partial charge in [-0.05, 0) is 44.7 Å². The summed E-state index contributed by atoms with van der Waals surface area (Å²) in [5.74, 6) is -1.93. The van der Waals surface area contributed by atoms with Crippen LogP contribution in [0.2, 0.25) is 0 Å². The van der Waals surface area contributed by atoms with Gasteiger partial charge in [0.25, 0.3) is 0 Å². The van der Waals surface area contributed by atoms with Gasteiger partial charge in [0.2, 0.25) is 11.8 Å². The van der Waals surface area contributed by atoms with Crippen LogP contribution < -0.4 is 5.32 Å². The molecule has 2 N–H and O–H groups in total. The van der Waals surface area contributed by atoms with Crippen LogP contribution in [0.15, 0.2) is 5.38 Å². The molecule has 4 atom stereocenters. The zero-order valence-electron chi connectivity index (χ0n) is 25.1. The van der Waals surface area contributed by atoms with Gasteiger partial charge in [0.05, 0.1) is 6.04 Å². The first-order valence-corrected chi connectivity index (χ1v) is 15.5. The molecule has 1 fully saturated rings. The quantitative estimate of drug-likeness (QED) is 0.290. The van der Waals surface area contributed by atoms with E-state index >= 15 is 0 Å². The van der Waals surface area contributed by atoms with Crippen molar-refractivity contribution >= 4 is 35.1 Å². The minimum atomic E-state index is -1.15. The summed E-state index contributed by atoms with van der Waals surface area (Å²) in [4.78, 5) is 59.4. The number of carbonyl (C=O) groups is 4. The Balaban J connectivity index is 2.42. The lowest BCUT2D eigenvalue weighted by molar-refractivity contribution is -0.149. The molecule has 2 amide bonds. The predicted octanol–water partition coefficient (Wildman–Crippen LogP) is 4.50. The number of nitrogens with one attached hydrogen (secondary N) is 1. The fourth-order valence-corrected chi connectivity index (χ4v) is 6.40. The topological polar surface area (TPSA) is 129 Å². The second kappa shape index (κ2) is 16.0. The lowest BCUT2D eigenvalue weighted by Crippen LogP contribution is -2.59. The minimum absolute atomic E-state index is 0.00463. The molecule has 1 aliphatic rings. The summed E-state index contributed by atoms with van der Waals surface area (Å²) in [6, 6.07) is -1.25. The number of likely N-dealkylation sites (tertiary alicyclic amines) is 1. The summed E-state index contributed by atoms with van der Waals surface area (Å²) in [5.41, 5.74) is -0.107. The number of carbonyl (C=O) groups excluding carboxylic acids is 3. The van der Waals surface area contributed by atoms with E-state index in [9.17, 15) is 24.3 Å². The highest BCUT2D eigenvalue weighted by Gasteiger charge is 2.39. The van der Waals surface area contributed by atoms with Crippen LogP contribution >= 0.6 is 11.3 Å². The van der Waals surface area contributed by atoms with Crippen molar-refractivity contribution in [2.24, 2.45) is 11.8 Å². The van der Waals surface area contributed by atoms with Crippen molar-refractivity contribution < 1.29 is 29.0 Å². The van der Waals surface area contributed by atoms with Crippen LogP contribution in [0.3, 0.4) is 0 Å². The highest BCUT2D eigenvalue weighted by atomic mass is 32.1. The van der Waals surface area contributed by atoms with Crippen LogP contribution in [0.4, 0.5) is 0 Å². The predicted molar refractivity (Wildman–Crippen MR) is 155 cm³/mol. The molecular formula is C29H48N4O6S. The zero-order chi connectivity index (χ0) is 30.0. The van der Waals surface area contributed by atoms with E-state index in [4.69, 9.17) is 4.74 Å². The zero-order valence-corrected chi connectivity index (χ0v) is 26.0. The largest absolute Gasteiger partial charge is 0.476 e. The van der Waals surface area contributed by atoms with E-state index in [-0.39, 0.29) is 47.8 Å². The number of carboxylic acid groups (broad SMARTS) is 1. The first kappa shape index (κ1) is 33.7. The van der Waals surface area contributed by atoms with Crippen molar-refractivity contribution in [3.8, 4) is 0 Å². The summed E-state index contributed by atoms with van der Waals surface area (Å²) in [5, 5.41) is 14.3. The molecule has 0 aliphatic carbocycles. The number of nitrogens with zero attached hydrogens (tertiary/aromatic N) is 3. The van der Waals surface area contributed by atoms with Crippen LogP contribution in [0.1, 0.15) is 108 Å². The molecular weight excluding hydrogens is 532 g/mol. The molecule has 0 radical (unpaired) electrons. The van der Waals surface area contributed by atoms with Crippen LogP contribution in [0.5, 0.6) is 0 Å². The number of hydrogen-bond acceptors (Lipinski definition) is 8. The molecule has 2 unspecified atom stereocenters. The van der Waals surface area contributed by atoms with E-state index in [1.165, 1.54) is 12.3 Å². The third-order valence-electron chi connectivity index (χ3n) is 7.85. The maximum atomic E-state index is 14.4. The van der Waals surface area contributed by atoms with Gasteiger partial charge in [-0.1, -0.05) is 53.9 Å². The average molecular weight is 581 g/mol. The van der Waals surface area contributed by atoms with E-state index < -0.39 is 24.1 Å². The van der Waals surface area contributed by atoms with Gasteiger partial charge >= 0.3 is 11.9 Å². The molecule has 0 aromatic carbocycles. The summed E-state index contributed by atoms with van der Waals surface area (Å²) in [7, 11) is 1.96. The van der Waals surface area contributed by atoms with Crippen molar-refractivity contribution in [2.45, 2.75) is 111 Å². The van der Waals surface area contributed by atoms with Crippen molar-refractivity contribution in [3.63, 3.8) is 0 Å². The molecule has 0 saturated carbocycles. The van der Waals surface area contributed by atoms with Gasteiger partial charge in [-0.3, -0.25) is 19.3 Å². The number of rotatable bonds is 15. The first-order valence-electron chi connectivity index (χ1n) is 14.6. The number of esters is 1. The molecule has 1 aromatic rings. The van der Waals surface area contributed by atoms with E-state index in [0.29, 0.717) is 18.0 Å². The Morgan fingerprint density at radius 3 is 2.38 bits per heavy atom. The number of thiazole rings is 1. The van der Waals surface area contributed by atoms with Gasteiger partial charge in [0, 0.05) is 31.3 Å². The molecule has 2 heterocycles. The van der Waals surface area contributed by atoms with Crippen LogP contribution in [-0.2, 0) is 19.1 Å². The molecule has 1 saturated heterocycles. The molecule has 10 nitrogen and oxygen atoms in total. The third-order valence-corrected chi connectivity index (χ3v) is 8.79. The lowest BCUT2D eigenvalue weighted by Gasteiger charge is -2.40. The smallest absolute Gasteiger partial charge is 0.355 e. The van der Waals surface area contributed by atoms with Crippen LogP contribution in [0.25, 0.3) is 0 Å². The normalized spacial score (nSPS) is 18.3. The second-order valence-corrected chi connectivity index (χ2v) is 12.0. The van der Waals surface area contributed by atoms with E-state index in [0.717, 1.165) is 50.0 Å². The highest BCUT2D eigenvalue weighted by Crippen LogP contribution is 2.32. The summed E-state index contributed by atoms with van der Waals surface area (Å²) in [6.45, 7) is 12.7. The number of ether oxygens (including phenoxy) is 1. The number of carboxylic acids is 1. The molecule has 11 heteroatoms. The standard InChI is InChI=1S/C29H48N4O6S/c1-8-14-33(23(18(4)5)16-24(39-19(6)34)27-30-21(17-40-27)29(37)38)28(36)25(20(9-2)10-3)31-26(35)22-13-11-12-15-32(22)7/h17-18,20,22-25H,8-16H2,1-7H3,(H,31,35)(H,37,38)/t22?,23-,24-,25?/m1/s1. The van der Waals surface area contributed by atoms with Gasteiger partial charge in [0.1, 0.15) is 11.0 Å². The Bertz CT molecular complexity index is 995.